The van der Waals surface area contributed by atoms with E-state index in [-0.39, 0.29) is 0 Å². The lowest BCUT2D eigenvalue weighted by atomic mass is 9.84. The van der Waals surface area contributed by atoms with E-state index >= 15 is 0 Å². The van der Waals surface area contributed by atoms with Crippen LogP contribution in [-0.4, -0.2) is 48.7 Å². The monoisotopic (exact) mass is 330 g/mol. The van der Waals surface area contributed by atoms with Crippen molar-refractivity contribution in [3.63, 3.8) is 0 Å². The number of likely N-dealkylation sites (N-methyl/N-ethyl adjacent to an activating group) is 1. The van der Waals surface area contributed by atoms with Crippen LogP contribution in [0, 0.1) is 5.92 Å². The van der Waals surface area contributed by atoms with E-state index in [9.17, 15) is 0 Å². The Morgan fingerprint density at radius 3 is 2.67 bits per heavy atom. The molecule has 24 heavy (non-hydrogen) atoms. The van der Waals surface area contributed by atoms with Crippen LogP contribution in [-0.2, 0) is 17.8 Å². The second kappa shape index (κ2) is 7.13. The van der Waals surface area contributed by atoms with E-state index in [0.29, 0.717) is 18.1 Å². The number of likely N-dealkylation sites (tertiary alicyclic amines) is 1. The van der Waals surface area contributed by atoms with Gasteiger partial charge in [-0.25, -0.2) is 0 Å². The second-order valence-corrected chi connectivity index (χ2v) is 7.07. The molecule has 2 aromatic heterocycles. The maximum Gasteiger partial charge on any atom is 0.117 e. The van der Waals surface area contributed by atoms with Crippen LogP contribution < -0.4 is 0 Å². The zero-order valence-electron chi connectivity index (χ0n) is 14.3. The molecule has 0 N–H and O–H groups in total. The summed E-state index contributed by atoms with van der Waals surface area (Å²) in [5, 5.41) is 0. The molecule has 4 rings (SSSR count). The van der Waals surface area contributed by atoms with E-state index in [1.165, 1.54) is 12.8 Å². The molecule has 0 bridgehead atoms. The molecule has 2 aliphatic heterocycles. The van der Waals surface area contributed by atoms with Crippen molar-refractivity contribution < 1.29 is 13.6 Å². The van der Waals surface area contributed by atoms with E-state index in [1.54, 1.807) is 12.5 Å². The molecule has 0 radical (unpaired) electrons. The Morgan fingerprint density at radius 2 is 1.92 bits per heavy atom. The lowest BCUT2D eigenvalue weighted by Gasteiger charge is -2.48. The SMILES string of the molecule is CN(Cc1ccco1)[C@@H]1CN(Cc2ccco2)C[C@@H]2CCCO[C@@H]21. The fourth-order valence-electron chi connectivity index (χ4n) is 4.17. The second-order valence-electron chi connectivity index (χ2n) is 7.07. The van der Waals surface area contributed by atoms with Crippen molar-refractivity contribution >= 4 is 0 Å². The molecule has 2 fully saturated rings. The van der Waals surface area contributed by atoms with E-state index < -0.39 is 0 Å². The number of piperidine rings is 1. The summed E-state index contributed by atoms with van der Waals surface area (Å²) in [4.78, 5) is 4.90. The van der Waals surface area contributed by atoms with Crippen LogP contribution in [0.4, 0.5) is 0 Å². The van der Waals surface area contributed by atoms with Gasteiger partial charge in [-0.15, -0.1) is 0 Å². The fraction of sp³-hybridized carbons (Fsp3) is 0.579. The number of rotatable bonds is 5. The molecule has 5 nitrogen and oxygen atoms in total. The van der Waals surface area contributed by atoms with Gasteiger partial charge in [-0.05, 0) is 50.1 Å². The van der Waals surface area contributed by atoms with Crippen molar-refractivity contribution in [3.8, 4) is 0 Å². The topological polar surface area (TPSA) is 42.0 Å². The van der Waals surface area contributed by atoms with Gasteiger partial charge in [0.1, 0.15) is 11.5 Å². The summed E-state index contributed by atoms with van der Waals surface area (Å²) in [7, 11) is 2.18. The first-order chi connectivity index (χ1) is 11.8. The zero-order chi connectivity index (χ0) is 16.4. The van der Waals surface area contributed by atoms with Gasteiger partial charge in [0.25, 0.3) is 0 Å². The lowest BCUT2D eigenvalue weighted by molar-refractivity contribution is -0.114. The van der Waals surface area contributed by atoms with Crippen LogP contribution >= 0.6 is 0 Å². The van der Waals surface area contributed by atoms with Gasteiger partial charge in [-0.1, -0.05) is 0 Å². The summed E-state index contributed by atoms with van der Waals surface area (Å²) >= 11 is 0. The average molecular weight is 330 g/mol. The van der Waals surface area contributed by atoms with Gasteiger partial charge in [0.05, 0.1) is 31.7 Å². The third kappa shape index (κ3) is 3.43. The highest BCUT2D eigenvalue weighted by Gasteiger charge is 2.41. The van der Waals surface area contributed by atoms with Crippen LogP contribution in [0.5, 0.6) is 0 Å². The third-order valence-electron chi connectivity index (χ3n) is 5.32. The van der Waals surface area contributed by atoms with Gasteiger partial charge in [0.2, 0.25) is 0 Å². The first-order valence-corrected chi connectivity index (χ1v) is 8.88. The van der Waals surface area contributed by atoms with Crippen molar-refractivity contribution in [1.82, 2.24) is 9.80 Å². The maximum atomic E-state index is 6.20. The van der Waals surface area contributed by atoms with Gasteiger partial charge in [0, 0.05) is 25.7 Å². The Labute approximate surface area is 143 Å². The summed E-state index contributed by atoms with van der Waals surface area (Å²) in [6, 6.07) is 8.40. The molecule has 0 spiro atoms. The van der Waals surface area contributed by atoms with E-state index in [4.69, 9.17) is 13.6 Å². The average Bonchev–Trinajstić information content (AvgIpc) is 3.28. The van der Waals surface area contributed by atoms with Gasteiger partial charge in [-0.2, -0.15) is 0 Å². The third-order valence-corrected chi connectivity index (χ3v) is 5.32. The van der Waals surface area contributed by atoms with Crippen molar-refractivity contribution in [1.29, 1.82) is 0 Å². The minimum absolute atomic E-state index is 0.326. The smallest absolute Gasteiger partial charge is 0.117 e. The Hall–Kier alpha value is -1.56. The summed E-state index contributed by atoms with van der Waals surface area (Å²) in [5.74, 6) is 2.65. The van der Waals surface area contributed by atoms with E-state index in [1.807, 2.05) is 18.2 Å². The molecule has 2 aromatic rings. The molecule has 2 saturated heterocycles. The van der Waals surface area contributed by atoms with Crippen LogP contribution in [0.25, 0.3) is 0 Å². The number of ether oxygens (including phenoxy) is 1. The van der Waals surface area contributed by atoms with E-state index in [2.05, 4.69) is 22.9 Å². The van der Waals surface area contributed by atoms with Crippen LogP contribution in [0.3, 0.4) is 0 Å². The molecular formula is C19H26N2O3. The molecule has 0 amide bonds. The number of hydrogen-bond donors (Lipinski definition) is 0. The number of hydrogen-bond acceptors (Lipinski definition) is 5. The van der Waals surface area contributed by atoms with Crippen LogP contribution in [0.2, 0.25) is 0 Å². The first-order valence-electron chi connectivity index (χ1n) is 8.88. The molecule has 0 aromatic carbocycles. The van der Waals surface area contributed by atoms with Crippen molar-refractivity contribution in [2.45, 2.75) is 38.1 Å². The molecule has 3 atom stereocenters. The van der Waals surface area contributed by atoms with Gasteiger partial charge >= 0.3 is 0 Å². The fourth-order valence-corrected chi connectivity index (χ4v) is 4.17. The van der Waals surface area contributed by atoms with E-state index in [0.717, 1.165) is 44.3 Å². The molecular weight excluding hydrogens is 304 g/mol. The molecule has 0 saturated carbocycles. The minimum Gasteiger partial charge on any atom is -0.468 e. The summed E-state index contributed by atoms with van der Waals surface area (Å²) in [6.45, 7) is 4.68. The molecule has 130 valence electrons. The molecule has 4 heterocycles. The number of furan rings is 2. The summed E-state index contributed by atoms with van der Waals surface area (Å²) < 4.78 is 17.3. The molecule has 5 heteroatoms. The highest BCUT2D eigenvalue weighted by Crippen LogP contribution is 2.32. The highest BCUT2D eigenvalue weighted by molar-refractivity contribution is 5.03. The van der Waals surface area contributed by atoms with Crippen molar-refractivity contribution in [2.75, 3.05) is 26.7 Å². The Balaban J connectivity index is 1.48. The van der Waals surface area contributed by atoms with Gasteiger partial charge < -0.3 is 13.6 Å². The summed E-state index contributed by atoms with van der Waals surface area (Å²) in [6.07, 6.45) is 6.25. The summed E-state index contributed by atoms with van der Waals surface area (Å²) in [5.41, 5.74) is 0. The van der Waals surface area contributed by atoms with Crippen molar-refractivity contribution in [3.05, 3.63) is 48.3 Å². The first kappa shape index (κ1) is 15.9. The maximum absolute atomic E-state index is 6.20. The Bertz CT molecular complexity index is 576. The zero-order valence-corrected chi connectivity index (χ0v) is 14.3. The number of fused-ring (bicyclic) bond motifs is 1. The van der Waals surface area contributed by atoms with Crippen molar-refractivity contribution in [2.24, 2.45) is 5.92 Å². The lowest BCUT2D eigenvalue weighted by Crippen LogP contribution is -2.59. The normalized spacial score (nSPS) is 28.2. The predicted molar refractivity (Wildman–Crippen MR) is 90.4 cm³/mol. The Morgan fingerprint density at radius 1 is 1.12 bits per heavy atom. The molecule has 0 aliphatic carbocycles. The molecule has 2 aliphatic rings. The quantitative estimate of drug-likeness (QED) is 0.843. The predicted octanol–water partition coefficient (Wildman–Crippen LogP) is 2.98. The minimum atomic E-state index is 0.326. The number of nitrogens with zero attached hydrogens (tertiary/aromatic N) is 2. The highest BCUT2D eigenvalue weighted by atomic mass is 16.5. The van der Waals surface area contributed by atoms with Gasteiger partial charge in [-0.3, -0.25) is 9.80 Å². The van der Waals surface area contributed by atoms with Crippen LogP contribution in [0.15, 0.2) is 45.6 Å². The largest absolute Gasteiger partial charge is 0.468 e. The Kier molecular flexibility index (Phi) is 4.74. The van der Waals surface area contributed by atoms with Crippen LogP contribution in [0.1, 0.15) is 24.4 Å². The molecule has 0 unspecified atom stereocenters. The van der Waals surface area contributed by atoms with Gasteiger partial charge in [0.15, 0.2) is 0 Å². The standard InChI is InChI=1S/C19H26N2O3/c1-20(12-16-6-3-8-22-16)18-14-21(13-17-7-4-9-23-17)11-15-5-2-10-24-19(15)18/h3-4,6-9,15,18-19H,2,5,10-14H2,1H3/t15-,18+,19-/m0/s1.